The molecule has 0 aliphatic carbocycles. The van der Waals surface area contributed by atoms with Crippen LogP contribution in [-0.2, 0) is 0 Å². The second kappa shape index (κ2) is 5.55. The maximum Gasteiger partial charge on any atom is 0.122 e. The fourth-order valence-electron chi connectivity index (χ4n) is 1.85. The fourth-order valence-corrected chi connectivity index (χ4v) is 2.41. The number of alkyl halides is 1. The SMILES string of the molecule is COc1ccc(C)cc1C(C)CC(C)Br. The van der Waals surface area contributed by atoms with Gasteiger partial charge in [-0.25, -0.2) is 0 Å². The molecule has 0 saturated carbocycles. The van der Waals surface area contributed by atoms with Crippen molar-refractivity contribution in [1.29, 1.82) is 0 Å². The van der Waals surface area contributed by atoms with Crippen LogP contribution >= 0.6 is 15.9 Å². The summed E-state index contributed by atoms with van der Waals surface area (Å²) in [7, 11) is 1.73. The number of methoxy groups -OCH3 is 1. The van der Waals surface area contributed by atoms with E-state index in [1.165, 1.54) is 11.1 Å². The zero-order chi connectivity index (χ0) is 11.4. The Labute approximate surface area is 101 Å². The molecule has 1 rings (SSSR count). The fraction of sp³-hybridized carbons (Fsp3) is 0.538. The molecule has 1 aromatic rings. The molecule has 0 heterocycles. The number of halogens is 1. The van der Waals surface area contributed by atoms with Crippen molar-refractivity contribution in [2.45, 2.75) is 37.9 Å². The Morgan fingerprint density at radius 1 is 1.33 bits per heavy atom. The number of ether oxygens (including phenoxy) is 1. The number of rotatable bonds is 4. The molecule has 1 nitrogen and oxygen atoms in total. The van der Waals surface area contributed by atoms with Crippen LogP contribution in [0.1, 0.15) is 37.3 Å². The van der Waals surface area contributed by atoms with E-state index >= 15 is 0 Å². The molecule has 0 bridgehead atoms. The second-order valence-electron chi connectivity index (χ2n) is 4.16. The van der Waals surface area contributed by atoms with Crippen LogP contribution < -0.4 is 4.74 Å². The van der Waals surface area contributed by atoms with E-state index in [4.69, 9.17) is 4.74 Å². The molecule has 0 N–H and O–H groups in total. The van der Waals surface area contributed by atoms with Gasteiger partial charge in [-0.1, -0.05) is 47.5 Å². The molecule has 84 valence electrons. The number of aryl methyl sites for hydroxylation is 1. The average Bonchev–Trinajstić information content (AvgIpc) is 2.16. The van der Waals surface area contributed by atoms with Gasteiger partial charge in [0.15, 0.2) is 0 Å². The summed E-state index contributed by atoms with van der Waals surface area (Å²) in [6.07, 6.45) is 1.12. The maximum absolute atomic E-state index is 5.39. The Balaban J connectivity index is 2.94. The zero-order valence-electron chi connectivity index (χ0n) is 9.88. The largest absolute Gasteiger partial charge is 0.496 e. The molecule has 0 amide bonds. The van der Waals surface area contributed by atoms with Crippen molar-refractivity contribution in [3.8, 4) is 5.75 Å². The predicted octanol–water partition coefficient (Wildman–Crippen LogP) is 4.28. The van der Waals surface area contributed by atoms with E-state index in [1.807, 2.05) is 0 Å². The van der Waals surface area contributed by atoms with E-state index in [-0.39, 0.29) is 0 Å². The van der Waals surface area contributed by atoms with E-state index in [9.17, 15) is 0 Å². The van der Waals surface area contributed by atoms with Crippen LogP contribution in [0.25, 0.3) is 0 Å². The Morgan fingerprint density at radius 3 is 2.53 bits per heavy atom. The lowest BCUT2D eigenvalue weighted by Gasteiger charge is -2.17. The normalized spacial score (nSPS) is 14.7. The van der Waals surface area contributed by atoms with E-state index in [1.54, 1.807) is 7.11 Å². The van der Waals surface area contributed by atoms with Gasteiger partial charge >= 0.3 is 0 Å². The summed E-state index contributed by atoms with van der Waals surface area (Å²) in [5.41, 5.74) is 2.60. The van der Waals surface area contributed by atoms with Crippen LogP contribution in [0.4, 0.5) is 0 Å². The zero-order valence-corrected chi connectivity index (χ0v) is 11.5. The molecule has 0 radical (unpaired) electrons. The molecule has 0 aliphatic rings. The minimum absolute atomic E-state index is 0.522. The van der Waals surface area contributed by atoms with Gasteiger partial charge in [-0.2, -0.15) is 0 Å². The van der Waals surface area contributed by atoms with E-state index < -0.39 is 0 Å². The third-order valence-corrected chi connectivity index (χ3v) is 2.97. The monoisotopic (exact) mass is 270 g/mol. The van der Waals surface area contributed by atoms with Crippen LogP contribution in [-0.4, -0.2) is 11.9 Å². The van der Waals surface area contributed by atoms with Crippen LogP contribution in [0.15, 0.2) is 18.2 Å². The first kappa shape index (κ1) is 12.6. The summed E-state index contributed by atoms with van der Waals surface area (Å²) in [5.74, 6) is 1.52. The van der Waals surface area contributed by atoms with Crippen LogP contribution in [0.5, 0.6) is 5.75 Å². The van der Waals surface area contributed by atoms with Gasteiger partial charge in [-0.05, 0) is 30.9 Å². The van der Waals surface area contributed by atoms with Crippen LogP contribution in [0.3, 0.4) is 0 Å². The van der Waals surface area contributed by atoms with E-state index in [0.717, 1.165) is 12.2 Å². The third kappa shape index (κ3) is 3.53. The molecule has 0 spiro atoms. The van der Waals surface area contributed by atoms with Crippen molar-refractivity contribution in [3.05, 3.63) is 29.3 Å². The molecule has 2 unspecified atom stereocenters. The molecular formula is C13H19BrO. The quantitative estimate of drug-likeness (QED) is 0.743. The first-order valence-electron chi connectivity index (χ1n) is 5.33. The number of benzene rings is 1. The Hall–Kier alpha value is -0.500. The highest BCUT2D eigenvalue weighted by Gasteiger charge is 2.13. The third-order valence-electron chi connectivity index (χ3n) is 2.59. The van der Waals surface area contributed by atoms with Gasteiger partial charge in [0.05, 0.1) is 7.11 Å². The Morgan fingerprint density at radius 2 is 2.00 bits per heavy atom. The highest BCUT2D eigenvalue weighted by atomic mass is 79.9. The van der Waals surface area contributed by atoms with Gasteiger partial charge in [0, 0.05) is 4.83 Å². The topological polar surface area (TPSA) is 9.23 Å². The van der Waals surface area contributed by atoms with Crippen molar-refractivity contribution in [2.75, 3.05) is 7.11 Å². The van der Waals surface area contributed by atoms with Gasteiger partial charge in [0.25, 0.3) is 0 Å². The van der Waals surface area contributed by atoms with Crippen molar-refractivity contribution in [1.82, 2.24) is 0 Å². The Kier molecular flexibility index (Phi) is 4.65. The average molecular weight is 271 g/mol. The molecule has 0 aliphatic heterocycles. The summed E-state index contributed by atoms with van der Waals surface area (Å²) in [6.45, 7) is 6.54. The van der Waals surface area contributed by atoms with Crippen molar-refractivity contribution >= 4 is 15.9 Å². The van der Waals surface area contributed by atoms with Crippen molar-refractivity contribution < 1.29 is 4.74 Å². The lowest BCUT2D eigenvalue weighted by atomic mass is 9.94. The van der Waals surface area contributed by atoms with E-state index in [2.05, 4.69) is 54.9 Å². The highest BCUT2D eigenvalue weighted by Crippen LogP contribution is 2.31. The molecular weight excluding hydrogens is 252 g/mol. The summed E-state index contributed by atoms with van der Waals surface area (Å²) in [4.78, 5) is 0.540. The van der Waals surface area contributed by atoms with Gasteiger partial charge in [-0.15, -0.1) is 0 Å². The predicted molar refractivity (Wildman–Crippen MR) is 69.2 cm³/mol. The molecule has 15 heavy (non-hydrogen) atoms. The second-order valence-corrected chi connectivity index (χ2v) is 5.73. The maximum atomic E-state index is 5.39. The molecule has 0 saturated heterocycles. The minimum atomic E-state index is 0.522. The standard InChI is InChI=1S/C13H19BrO/c1-9-5-6-13(15-4)12(7-9)10(2)8-11(3)14/h5-7,10-11H,8H2,1-4H3. The summed E-state index contributed by atoms with van der Waals surface area (Å²) in [5, 5.41) is 0. The Bertz CT molecular complexity index is 320. The molecule has 2 atom stereocenters. The lowest BCUT2D eigenvalue weighted by molar-refractivity contribution is 0.405. The van der Waals surface area contributed by atoms with Gasteiger partial charge < -0.3 is 4.74 Å². The lowest BCUT2D eigenvalue weighted by Crippen LogP contribution is -2.03. The smallest absolute Gasteiger partial charge is 0.122 e. The molecule has 0 aromatic heterocycles. The number of hydrogen-bond donors (Lipinski definition) is 0. The number of hydrogen-bond acceptors (Lipinski definition) is 1. The van der Waals surface area contributed by atoms with Crippen molar-refractivity contribution in [3.63, 3.8) is 0 Å². The van der Waals surface area contributed by atoms with Crippen LogP contribution in [0, 0.1) is 6.92 Å². The van der Waals surface area contributed by atoms with Crippen LogP contribution in [0.2, 0.25) is 0 Å². The summed E-state index contributed by atoms with van der Waals surface area (Å²) in [6, 6.07) is 6.37. The van der Waals surface area contributed by atoms with E-state index in [0.29, 0.717) is 10.7 Å². The minimum Gasteiger partial charge on any atom is -0.496 e. The molecule has 0 fully saturated rings. The van der Waals surface area contributed by atoms with Gasteiger partial charge in [-0.3, -0.25) is 0 Å². The molecule has 1 aromatic carbocycles. The summed E-state index contributed by atoms with van der Waals surface area (Å²) < 4.78 is 5.39. The van der Waals surface area contributed by atoms with Gasteiger partial charge in [0.1, 0.15) is 5.75 Å². The first-order valence-corrected chi connectivity index (χ1v) is 6.24. The van der Waals surface area contributed by atoms with Crippen molar-refractivity contribution in [2.24, 2.45) is 0 Å². The summed E-state index contributed by atoms with van der Waals surface area (Å²) >= 11 is 3.60. The molecule has 2 heteroatoms. The highest BCUT2D eigenvalue weighted by molar-refractivity contribution is 9.09. The van der Waals surface area contributed by atoms with Gasteiger partial charge in [0.2, 0.25) is 0 Å². The first-order chi connectivity index (χ1) is 7.04.